The Labute approximate surface area is 263 Å². The number of fused-ring (bicyclic) bond motifs is 3. The number of hydrogen-bond donors (Lipinski definition) is 1. The number of aromatic nitrogens is 1. The number of carbonyl (C=O) groups is 1. The van der Waals surface area contributed by atoms with Gasteiger partial charge in [0.05, 0.1) is 31.5 Å². The van der Waals surface area contributed by atoms with Gasteiger partial charge in [-0.2, -0.15) is 5.26 Å². The lowest BCUT2D eigenvalue weighted by molar-refractivity contribution is 0.0254. The van der Waals surface area contributed by atoms with Crippen LogP contribution in [0, 0.1) is 23.2 Å². The third-order valence-electron chi connectivity index (χ3n) is 9.39. The Morgan fingerprint density at radius 2 is 1.80 bits per heavy atom. The van der Waals surface area contributed by atoms with Crippen molar-refractivity contribution in [2.45, 2.75) is 44.2 Å². The van der Waals surface area contributed by atoms with E-state index in [1.165, 1.54) is 6.42 Å². The predicted molar refractivity (Wildman–Crippen MR) is 170 cm³/mol. The quantitative estimate of drug-likeness (QED) is 0.270. The summed E-state index contributed by atoms with van der Waals surface area (Å²) in [6.07, 6.45) is 6.71. The summed E-state index contributed by atoms with van der Waals surface area (Å²) in [5, 5.41) is 13.2. The van der Waals surface area contributed by atoms with E-state index in [1.54, 1.807) is 19.4 Å². The number of likely N-dealkylation sites (tertiary alicyclic amines) is 1. The van der Waals surface area contributed by atoms with E-state index in [0.717, 1.165) is 55.5 Å². The number of pyridine rings is 1. The van der Waals surface area contributed by atoms with Crippen LogP contribution in [-0.2, 0) is 4.74 Å². The zero-order chi connectivity index (χ0) is 30.9. The van der Waals surface area contributed by atoms with E-state index in [0.29, 0.717) is 64.5 Å². The topological polar surface area (TPSA) is 110 Å². The first-order valence-electron chi connectivity index (χ1n) is 15.8. The molecule has 0 radical (unpaired) electrons. The summed E-state index contributed by atoms with van der Waals surface area (Å²) in [4.78, 5) is 20.3. The van der Waals surface area contributed by atoms with Crippen molar-refractivity contribution < 1.29 is 23.4 Å². The number of nitrogens with one attached hydrogen (secondary N) is 1. The standard InChI is InChI=1S/C36H38N4O5/c1-40-20-22-13-23(21-40)15-27(14-22)39-36(41)25-3-5-30(33(17-25)42-2)34-18-31-35(45-34)29(7-10-38-31)24-4-6-32(26(16-24)19-37)44-28-8-11-43-12-9-28/h3-7,10,16-18,22-23,27-28H,8-9,11-15,20-21H2,1-2H3,(H,39,41)/t22-,23+,27?. The second kappa shape index (κ2) is 12.5. The van der Waals surface area contributed by atoms with Gasteiger partial charge in [-0.3, -0.25) is 9.78 Å². The number of piperidine rings is 1. The van der Waals surface area contributed by atoms with Crippen LogP contribution >= 0.6 is 0 Å². The van der Waals surface area contributed by atoms with E-state index in [2.05, 4.69) is 28.3 Å². The minimum absolute atomic E-state index is 0.0404. The number of methoxy groups -OCH3 is 1. The van der Waals surface area contributed by atoms with Gasteiger partial charge in [0.15, 0.2) is 5.58 Å². The molecule has 4 heterocycles. The molecule has 2 aromatic heterocycles. The summed E-state index contributed by atoms with van der Waals surface area (Å²) in [5.74, 6) is 2.91. The molecule has 1 unspecified atom stereocenters. The number of rotatable bonds is 7. The molecule has 3 atom stereocenters. The summed E-state index contributed by atoms with van der Waals surface area (Å²) >= 11 is 0. The number of amides is 1. The number of furan rings is 1. The molecule has 7 rings (SSSR count). The highest BCUT2D eigenvalue weighted by Gasteiger charge is 2.34. The maximum absolute atomic E-state index is 13.3. The average Bonchev–Trinajstić information content (AvgIpc) is 3.49. The van der Waals surface area contributed by atoms with Crippen LogP contribution in [0.25, 0.3) is 33.6 Å². The second-order valence-electron chi connectivity index (χ2n) is 12.7. The fourth-order valence-electron chi connectivity index (χ4n) is 7.40. The minimum atomic E-state index is -0.0794. The molecule has 45 heavy (non-hydrogen) atoms. The number of hydrogen-bond acceptors (Lipinski definition) is 8. The maximum atomic E-state index is 13.3. The fourth-order valence-corrected chi connectivity index (χ4v) is 7.40. The Hall–Kier alpha value is -4.39. The Balaban J connectivity index is 1.12. The molecule has 3 aliphatic rings. The third kappa shape index (κ3) is 6.13. The number of benzene rings is 2. The summed E-state index contributed by atoms with van der Waals surface area (Å²) in [6.45, 7) is 3.55. The number of carbonyl (C=O) groups excluding carboxylic acids is 1. The Morgan fingerprint density at radius 1 is 1.00 bits per heavy atom. The third-order valence-corrected chi connectivity index (χ3v) is 9.39. The molecular weight excluding hydrogens is 568 g/mol. The Morgan fingerprint density at radius 3 is 2.56 bits per heavy atom. The molecule has 0 spiro atoms. The zero-order valence-corrected chi connectivity index (χ0v) is 25.8. The Bertz CT molecular complexity index is 1740. The fraction of sp³-hybridized carbons (Fsp3) is 0.417. The van der Waals surface area contributed by atoms with E-state index in [-0.39, 0.29) is 18.1 Å². The van der Waals surface area contributed by atoms with Crippen molar-refractivity contribution in [1.29, 1.82) is 5.26 Å². The molecule has 9 heteroatoms. The van der Waals surface area contributed by atoms with Crippen LogP contribution < -0.4 is 14.8 Å². The van der Waals surface area contributed by atoms with Crippen molar-refractivity contribution in [1.82, 2.24) is 15.2 Å². The second-order valence-corrected chi connectivity index (χ2v) is 12.7. The maximum Gasteiger partial charge on any atom is 0.251 e. The first kappa shape index (κ1) is 29.3. The van der Waals surface area contributed by atoms with Gasteiger partial charge in [-0.05, 0) is 80.1 Å². The molecule has 1 aliphatic carbocycles. The lowest BCUT2D eigenvalue weighted by Gasteiger charge is -2.43. The normalized spacial score (nSPS) is 22.1. The van der Waals surface area contributed by atoms with Gasteiger partial charge in [0.2, 0.25) is 0 Å². The van der Waals surface area contributed by atoms with Crippen LogP contribution in [0.3, 0.4) is 0 Å². The molecule has 2 saturated heterocycles. The summed E-state index contributed by atoms with van der Waals surface area (Å²) in [7, 11) is 3.79. The molecule has 1 N–H and O–H groups in total. The number of nitrogens with zero attached hydrogens (tertiary/aromatic N) is 3. The van der Waals surface area contributed by atoms with Crippen molar-refractivity contribution in [3.05, 3.63) is 65.9 Å². The van der Waals surface area contributed by atoms with Gasteiger partial charge in [-0.15, -0.1) is 0 Å². The molecule has 1 amide bonds. The smallest absolute Gasteiger partial charge is 0.251 e. The van der Waals surface area contributed by atoms with Crippen molar-refractivity contribution >= 4 is 17.0 Å². The average molecular weight is 607 g/mol. The van der Waals surface area contributed by atoms with Crippen molar-refractivity contribution in [3.63, 3.8) is 0 Å². The summed E-state index contributed by atoms with van der Waals surface area (Å²) in [6, 6.07) is 17.3. The number of ether oxygens (including phenoxy) is 3. The van der Waals surface area contributed by atoms with Crippen LogP contribution in [-0.4, -0.2) is 68.4 Å². The van der Waals surface area contributed by atoms with Crippen LogP contribution in [0.5, 0.6) is 11.5 Å². The highest BCUT2D eigenvalue weighted by atomic mass is 16.5. The van der Waals surface area contributed by atoms with Gasteiger partial charge >= 0.3 is 0 Å². The van der Waals surface area contributed by atoms with Crippen molar-refractivity contribution in [2.24, 2.45) is 11.8 Å². The molecule has 4 aromatic rings. The molecular formula is C36H38N4O5. The molecule has 2 bridgehead atoms. The first-order valence-corrected chi connectivity index (χ1v) is 15.8. The van der Waals surface area contributed by atoms with E-state index in [1.807, 2.05) is 42.5 Å². The van der Waals surface area contributed by atoms with Gasteiger partial charge in [0.1, 0.15) is 34.9 Å². The first-order chi connectivity index (χ1) is 22.0. The van der Waals surface area contributed by atoms with Crippen LogP contribution in [0.15, 0.2) is 59.1 Å². The summed E-state index contributed by atoms with van der Waals surface area (Å²) in [5.41, 5.74) is 4.69. The van der Waals surface area contributed by atoms with Crippen LogP contribution in [0.1, 0.15) is 48.0 Å². The van der Waals surface area contributed by atoms with Gasteiger partial charge in [0, 0.05) is 55.4 Å². The highest BCUT2D eigenvalue weighted by molar-refractivity contribution is 5.97. The lowest BCUT2D eigenvalue weighted by Crippen LogP contribution is -2.49. The van der Waals surface area contributed by atoms with E-state index >= 15 is 0 Å². The summed E-state index contributed by atoms with van der Waals surface area (Å²) < 4.78 is 23.7. The highest BCUT2D eigenvalue weighted by Crippen LogP contribution is 2.39. The SMILES string of the molecule is COc1cc(C(=O)NC2C[C@@H]3C[C@H](C2)CN(C)C3)ccc1-c1cc2nccc(-c3ccc(OC4CCOCC4)c(C#N)c3)c2o1. The largest absolute Gasteiger partial charge is 0.496 e. The van der Waals surface area contributed by atoms with Gasteiger partial charge in [0.25, 0.3) is 5.91 Å². The van der Waals surface area contributed by atoms with Crippen molar-refractivity contribution in [2.75, 3.05) is 40.5 Å². The van der Waals surface area contributed by atoms with E-state index in [4.69, 9.17) is 18.6 Å². The van der Waals surface area contributed by atoms with E-state index in [9.17, 15) is 10.1 Å². The van der Waals surface area contributed by atoms with Crippen LogP contribution in [0.4, 0.5) is 0 Å². The minimum Gasteiger partial charge on any atom is -0.496 e. The molecule has 2 aromatic carbocycles. The molecule has 3 fully saturated rings. The van der Waals surface area contributed by atoms with Gasteiger partial charge < -0.3 is 28.8 Å². The number of nitriles is 1. The molecule has 1 saturated carbocycles. The van der Waals surface area contributed by atoms with Gasteiger partial charge in [-0.1, -0.05) is 6.07 Å². The lowest BCUT2D eigenvalue weighted by atomic mass is 9.75. The molecule has 2 aliphatic heterocycles. The van der Waals surface area contributed by atoms with Gasteiger partial charge in [-0.25, -0.2) is 0 Å². The van der Waals surface area contributed by atoms with E-state index < -0.39 is 0 Å². The molecule has 232 valence electrons. The Kier molecular flexibility index (Phi) is 8.18. The monoisotopic (exact) mass is 606 g/mol. The van der Waals surface area contributed by atoms with Crippen LogP contribution in [0.2, 0.25) is 0 Å². The predicted octanol–water partition coefficient (Wildman–Crippen LogP) is 6.06. The zero-order valence-electron chi connectivity index (χ0n) is 25.8. The van der Waals surface area contributed by atoms with Crippen molar-refractivity contribution in [3.8, 4) is 40.0 Å². The molecule has 9 nitrogen and oxygen atoms in total.